The molecule has 0 radical (unpaired) electrons. The molecule has 0 aromatic carbocycles. The number of hydrogen-bond acceptors (Lipinski definition) is 7. The minimum atomic E-state index is -0.572. The fraction of sp³-hybridized carbons (Fsp3) is 0.286. The zero-order valence-corrected chi connectivity index (χ0v) is 12.8. The van der Waals surface area contributed by atoms with Crippen molar-refractivity contribution in [2.45, 2.75) is 6.54 Å². The van der Waals surface area contributed by atoms with Gasteiger partial charge in [0.1, 0.15) is 12.2 Å². The van der Waals surface area contributed by atoms with E-state index < -0.39 is 17.8 Å². The van der Waals surface area contributed by atoms with Gasteiger partial charge in [-0.3, -0.25) is 19.5 Å². The molecule has 124 valence electrons. The van der Waals surface area contributed by atoms with Gasteiger partial charge in [0.15, 0.2) is 0 Å². The van der Waals surface area contributed by atoms with Gasteiger partial charge in [-0.2, -0.15) is 4.98 Å². The maximum Gasteiger partial charge on any atom is 0.325 e. The maximum atomic E-state index is 12.1. The first-order valence-corrected chi connectivity index (χ1v) is 7.11. The molecule has 2 aromatic heterocycles. The summed E-state index contributed by atoms with van der Waals surface area (Å²) in [4.78, 5) is 45.5. The van der Waals surface area contributed by atoms with Crippen molar-refractivity contribution in [3.05, 3.63) is 30.3 Å². The lowest BCUT2D eigenvalue weighted by Gasteiger charge is -2.18. The SMILES string of the molecule is CN(Cc1nc(-c2ccccn2)no1)C(=O)CN1C(=O)CNC1=O. The molecule has 0 saturated carbocycles. The smallest absolute Gasteiger partial charge is 0.325 e. The van der Waals surface area contributed by atoms with Crippen LogP contribution in [0.5, 0.6) is 0 Å². The first-order valence-electron chi connectivity index (χ1n) is 7.11. The van der Waals surface area contributed by atoms with Gasteiger partial charge in [0.2, 0.25) is 17.6 Å². The van der Waals surface area contributed by atoms with E-state index in [0.717, 1.165) is 4.90 Å². The molecule has 4 amide bonds. The van der Waals surface area contributed by atoms with Crippen molar-refractivity contribution in [3.8, 4) is 11.5 Å². The van der Waals surface area contributed by atoms with Crippen LogP contribution >= 0.6 is 0 Å². The zero-order chi connectivity index (χ0) is 17.1. The summed E-state index contributed by atoms with van der Waals surface area (Å²) in [7, 11) is 1.52. The first kappa shape index (κ1) is 15.6. The van der Waals surface area contributed by atoms with Crippen molar-refractivity contribution in [1.29, 1.82) is 0 Å². The summed E-state index contributed by atoms with van der Waals surface area (Å²) in [5.41, 5.74) is 0.556. The highest BCUT2D eigenvalue weighted by Crippen LogP contribution is 2.13. The summed E-state index contributed by atoms with van der Waals surface area (Å²) in [5.74, 6) is -0.306. The molecule has 24 heavy (non-hydrogen) atoms. The van der Waals surface area contributed by atoms with Crippen LogP contribution in [-0.4, -0.2) is 62.9 Å². The number of urea groups is 1. The molecular formula is C14H14N6O4. The molecule has 0 bridgehead atoms. The van der Waals surface area contributed by atoms with Crippen LogP contribution in [0.25, 0.3) is 11.5 Å². The van der Waals surface area contributed by atoms with Gasteiger partial charge in [-0.15, -0.1) is 0 Å². The van der Waals surface area contributed by atoms with Crippen LogP contribution in [0.2, 0.25) is 0 Å². The molecular weight excluding hydrogens is 316 g/mol. The summed E-state index contributed by atoms with van der Waals surface area (Å²) < 4.78 is 5.10. The standard InChI is InChI=1S/C14H14N6O4/c1-19(12(22)8-20-11(21)6-16-14(20)23)7-10-17-13(18-24-10)9-4-2-3-5-15-9/h2-5H,6-8H2,1H3,(H,16,23). The van der Waals surface area contributed by atoms with Crippen molar-refractivity contribution < 1.29 is 18.9 Å². The van der Waals surface area contributed by atoms with E-state index in [9.17, 15) is 14.4 Å². The molecule has 0 aliphatic carbocycles. The average Bonchev–Trinajstić information content (AvgIpc) is 3.17. The molecule has 1 N–H and O–H groups in total. The third kappa shape index (κ3) is 3.21. The molecule has 3 heterocycles. The Labute approximate surface area is 136 Å². The highest BCUT2D eigenvalue weighted by atomic mass is 16.5. The van der Waals surface area contributed by atoms with E-state index in [1.807, 2.05) is 0 Å². The molecule has 1 aliphatic rings. The maximum absolute atomic E-state index is 12.1. The summed E-state index contributed by atoms with van der Waals surface area (Å²) in [6.45, 7) is -0.363. The third-order valence-electron chi connectivity index (χ3n) is 3.39. The molecule has 3 rings (SSSR count). The quantitative estimate of drug-likeness (QED) is 0.743. The Morgan fingerprint density at radius 1 is 1.42 bits per heavy atom. The van der Waals surface area contributed by atoms with Gasteiger partial charge in [-0.25, -0.2) is 4.79 Å². The number of imide groups is 1. The number of likely N-dealkylation sites (N-methyl/N-ethyl adjacent to an activating group) is 1. The van der Waals surface area contributed by atoms with Gasteiger partial charge in [0.05, 0.1) is 13.1 Å². The lowest BCUT2D eigenvalue weighted by atomic mass is 10.3. The summed E-state index contributed by atoms with van der Waals surface area (Å²) in [6, 6.07) is 4.73. The van der Waals surface area contributed by atoms with Gasteiger partial charge in [-0.05, 0) is 12.1 Å². The molecule has 0 spiro atoms. The number of aromatic nitrogens is 3. The van der Waals surface area contributed by atoms with E-state index in [4.69, 9.17) is 4.52 Å². The predicted octanol–water partition coefficient (Wildman–Crippen LogP) is -0.358. The normalized spacial score (nSPS) is 14.0. The van der Waals surface area contributed by atoms with Crippen LogP contribution < -0.4 is 5.32 Å². The number of nitrogens with zero attached hydrogens (tertiary/aromatic N) is 5. The van der Waals surface area contributed by atoms with Crippen LogP contribution in [0.1, 0.15) is 5.89 Å². The third-order valence-corrected chi connectivity index (χ3v) is 3.39. The molecule has 1 fully saturated rings. The molecule has 2 aromatic rings. The summed E-state index contributed by atoms with van der Waals surface area (Å²) >= 11 is 0. The number of nitrogens with one attached hydrogen (secondary N) is 1. The van der Waals surface area contributed by atoms with E-state index in [1.54, 1.807) is 24.4 Å². The van der Waals surface area contributed by atoms with Crippen LogP contribution in [0.4, 0.5) is 4.79 Å². The first-order chi connectivity index (χ1) is 11.5. The van der Waals surface area contributed by atoms with Gasteiger partial charge < -0.3 is 14.7 Å². The van der Waals surface area contributed by atoms with Crippen molar-refractivity contribution >= 4 is 17.8 Å². The van der Waals surface area contributed by atoms with Gasteiger partial charge in [0, 0.05) is 13.2 Å². The Bertz CT molecular complexity index is 759. The molecule has 10 nitrogen and oxygen atoms in total. The van der Waals surface area contributed by atoms with Gasteiger partial charge in [-0.1, -0.05) is 11.2 Å². The van der Waals surface area contributed by atoms with E-state index in [-0.39, 0.29) is 25.5 Å². The van der Waals surface area contributed by atoms with E-state index in [2.05, 4.69) is 20.4 Å². The largest absolute Gasteiger partial charge is 0.337 e. The Kier molecular flexibility index (Phi) is 4.18. The van der Waals surface area contributed by atoms with Crippen LogP contribution in [-0.2, 0) is 16.1 Å². The van der Waals surface area contributed by atoms with E-state index >= 15 is 0 Å². The minimum Gasteiger partial charge on any atom is -0.337 e. The number of rotatable bonds is 5. The lowest BCUT2D eigenvalue weighted by molar-refractivity contribution is -0.136. The van der Waals surface area contributed by atoms with E-state index in [0.29, 0.717) is 11.5 Å². The molecule has 10 heteroatoms. The van der Waals surface area contributed by atoms with Gasteiger partial charge in [0.25, 0.3) is 5.91 Å². The van der Waals surface area contributed by atoms with Crippen molar-refractivity contribution in [2.24, 2.45) is 0 Å². The van der Waals surface area contributed by atoms with E-state index in [1.165, 1.54) is 11.9 Å². The highest BCUT2D eigenvalue weighted by Gasteiger charge is 2.31. The van der Waals surface area contributed by atoms with Crippen molar-refractivity contribution in [3.63, 3.8) is 0 Å². The fourth-order valence-corrected chi connectivity index (χ4v) is 2.08. The molecule has 1 aliphatic heterocycles. The molecule has 0 unspecified atom stereocenters. The average molecular weight is 330 g/mol. The number of carbonyl (C=O) groups excluding carboxylic acids is 3. The van der Waals surface area contributed by atoms with Crippen molar-refractivity contribution in [1.82, 2.24) is 30.2 Å². The highest BCUT2D eigenvalue weighted by molar-refractivity contribution is 6.04. The monoisotopic (exact) mass is 330 g/mol. The summed E-state index contributed by atoms with van der Waals surface area (Å²) in [5, 5.41) is 6.16. The Morgan fingerprint density at radius 3 is 2.92 bits per heavy atom. The van der Waals surface area contributed by atoms with Crippen molar-refractivity contribution in [2.75, 3.05) is 20.1 Å². The molecule has 1 saturated heterocycles. The predicted molar refractivity (Wildman–Crippen MR) is 79.1 cm³/mol. The number of hydrogen-bond donors (Lipinski definition) is 1. The second kappa shape index (κ2) is 6.44. The Balaban J connectivity index is 1.61. The second-order valence-electron chi connectivity index (χ2n) is 5.12. The minimum absolute atomic E-state index is 0.0579. The number of carbonyl (C=O) groups is 3. The second-order valence-corrected chi connectivity index (χ2v) is 5.12. The summed E-state index contributed by atoms with van der Waals surface area (Å²) in [6.07, 6.45) is 1.61. The Hall–Kier alpha value is -3.30. The zero-order valence-electron chi connectivity index (χ0n) is 12.8. The number of amides is 4. The van der Waals surface area contributed by atoms with Crippen LogP contribution in [0.3, 0.4) is 0 Å². The topological polar surface area (TPSA) is 122 Å². The molecule has 0 atom stereocenters. The lowest BCUT2D eigenvalue weighted by Crippen LogP contribution is -2.41. The Morgan fingerprint density at radius 2 is 2.25 bits per heavy atom. The van der Waals surface area contributed by atoms with Crippen LogP contribution in [0, 0.1) is 0 Å². The van der Waals surface area contributed by atoms with Gasteiger partial charge >= 0.3 is 6.03 Å². The van der Waals surface area contributed by atoms with Crippen LogP contribution in [0.15, 0.2) is 28.9 Å². The number of pyridine rings is 1. The fourth-order valence-electron chi connectivity index (χ4n) is 2.08.